The number of benzene rings is 1. The van der Waals surface area contributed by atoms with Crippen LogP contribution in [-0.4, -0.2) is 16.7 Å². The van der Waals surface area contributed by atoms with Gasteiger partial charge in [-0.15, -0.1) is 0 Å². The van der Waals surface area contributed by atoms with Crippen LogP contribution in [0.2, 0.25) is 0 Å². The van der Waals surface area contributed by atoms with Crippen LogP contribution in [0.1, 0.15) is 5.56 Å². The summed E-state index contributed by atoms with van der Waals surface area (Å²) in [6.07, 6.45) is 0. The van der Waals surface area contributed by atoms with Crippen molar-refractivity contribution in [2.45, 2.75) is 0 Å². The number of aromatic nitrogens is 1. The third kappa shape index (κ3) is 1.69. The van der Waals surface area contributed by atoms with Crippen molar-refractivity contribution in [3.05, 3.63) is 23.8 Å². The second-order valence-electron chi connectivity index (χ2n) is 2.69. The maximum atomic E-state index is 8.54. The lowest BCUT2D eigenvalue weighted by atomic mass is 10.2. The summed E-state index contributed by atoms with van der Waals surface area (Å²) >= 11 is 1.44. The molecule has 3 nitrogen and oxygen atoms in total. The number of nitrogen functional groups attached to an aromatic ring is 1. The van der Waals surface area contributed by atoms with Crippen molar-refractivity contribution in [2.24, 2.45) is 0 Å². The van der Waals surface area contributed by atoms with E-state index in [9.17, 15) is 0 Å². The summed E-state index contributed by atoms with van der Waals surface area (Å²) in [7, 11) is 0. The van der Waals surface area contributed by atoms with Gasteiger partial charge in [-0.3, -0.25) is 0 Å². The fourth-order valence-electron chi connectivity index (χ4n) is 1.16. The molecule has 3 N–H and O–H groups in total. The molecule has 0 aliphatic carbocycles. The maximum absolute atomic E-state index is 8.54. The first-order valence-electron chi connectivity index (χ1n) is 4.05. The number of fused-ring (bicyclic) bond motifs is 1. The summed E-state index contributed by atoms with van der Waals surface area (Å²) < 4.78 is 1.02. The Balaban J connectivity index is 2.50. The average molecular weight is 204 g/mol. The third-order valence-corrected chi connectivity index (χ3v) is 2.56. The molecule has 4 heteroatoms. The largest absolute Gasteiger partial charge is 0.384 e. The predicted molar refractivity (Wildman–Crippen MR) is 58.0 cm³/mol. The Morgan fingerprint density at radius 1 is 1.50 bits per heavy atom. The molecule has 0 aliphatic heterocycles. The standard InChI is InChI=1S/C10H8N2OS/c11-10-12-8-4-3-7(2-1-5-13)6-9(8)14-10/h3-4,6,13H,5H2,(H2,11,12). The molecule has 2 aromatic rings. The molecule has 0 unspecified atom stereocenters. The summed E-state index contributed by atoms with van der Waals surface area (Å²) in [6, 6.07) is 5.67. The van der Waals surface area contributed by atoms with E-state index in [-0.39, 0.29) is 6.61 Å². The van der Waals surface area contributed by atoms with Crippen molar-refractivity contribution in [3.63, 3.8) is 0 Å². The molecule has 14 heavy (non-hydrogen) atoms. The van der Waals surface area contributed by atoms with Crippen molar-refractivity contribution < 1.29 is 5.11 Å². The van der Waals surface area contributed by atoms with Crippen molar-refractivity contribution in [1.82, 2.24) is 4.98 Å². The minimum absolute atomic E-state index is 0.122. The molecule has 0 bridgehead atoms. The van der Waals surface area contributed by atoms with E-state index in [4.69, 9.17) is 10.8 Å². The topological polar surface area (TPSA) is 59.1 Å². The molecule has 2 rings (SSSR count). The lowest BCUT2D eigenvalue weighted by Gasteiger charge is -1.89. The number of thiazole rings is 1. The van der Waals surface area contributed by atoms with Crippen molar-refractivity contribution in [2.75, 3.05) is 12.3 Å². The summed E-state index contributed by atoms with van der Waals surface area (Å²) in [5, 5.41) is 9.10. The molecule has 0 saturated heterocycles. The fourth-order valence-corrected chi connectivity index (χ4v) is 1.94. The number of nitrogens with two attached hydrogens (primary N) is 1. The van der Waals surface area contributed by atoms with Gasteiger partial charge in [0.15, 0.2) is 5.13 Å². The summed E-state index contributed by atoms with van der Waals surface area (Å²) in [4.78, 5) is 4.13. The third-order valence-electron chi connectivity index (χ3n) is 1.72. The minimum Gasteiger partial charge on any atom is -0.384 e. The van der Waals surface area contributed by atoms with E-state index >= 15 is 0 Å². The molecular weight excluding hydrogens is 196 g/mol. The van der Waals surface area contributed by atoms with Crippen molar-refractivity contribution in [1.29, 1.82) is 0 Å². The molecule has 0 saturated carbocycles. The number of anilines is 1. The Kier molecular flexibility index (Phi) is 2.35. The smallest absolute Gasteiger partial charge is 0.181 e. The Hall–Kier alpha value is -1.57. The van der Waals surface area contributed by atoms with Crippen LogP contribution in [-0.2, 0) is 0 Å². The van der Waals surface area contributed by atoms with E-state index in [1.165, 1.54) is 11.3 Å². The molecule has 0 atom stereocenters. The van der Waals surface area contributed by atoms with Gasteiger partial charge in [-0.1, -0.05) is 23.2 Å². The van der Waals surface area contributed by atoms with E-state index in [0.717, 1.165) is 15.8 Å². The number of hydrogen-bond donors (Lipinski definition) is 2. The normalized spacial score (nSPS) is 9.79. The van der Waals surface area contributed by atoms with Crippen LogP contribution in [0.15, 0.2) is 18.2 Å². The average Bonchev–Trinajstić information content (AvgIpc) is 2.54. The summed E-state index contributed by atoms with van der Waals surface area (Å²) in [5.41, 5.74) is 7.33. The molecule has 1 aromatic carbocycles. The van der Waals surface area contributed by atoms with E-state index in [1.54, 1.807) is 0 Å². The molecule has 70 valence electrons. The number of aliphatic hydroxyl groups excluding tert-OH is 1. The van der Waals surface area contributed by atoms with Gasteiger partial charge >= 0.3 is 0 Å². The van der Waals surface area contributed by atoms with Crippen LogP contribution in [0.5, 0.6) is 0 Å². The molecule has 0 spiro atoms. The zero-order valence-electron chi connectivity index (χ0n) is 7.32. The Bertz CT molecular complexity index is 522. The molecule has 0 aliphatic rings. The number of rotatable bonds is 0. The van der Waals surface area contributed by atoms with Gasteiger partial charge in [-0.05, 0) is 18.2 Å². The quantitative estimate of drug-likeness (QED) is 0.634. The van der Waals surface area contributed by atoms with E-state index < -0.39 is 0 Å². The maximum Gasteiger partial charge on any atom is 0.181 e. The predicted octanol–water partition coefficient (Wildman–Crippen LogP) is 1.22. The highest BCUT2D eigenvalue weighted by atomic mass is 32.1. The summed E-state index contributed by atoms with van der Waals surface area (Å²) in [5.74, 6) is 5.43. The summed E-state index contributed by atoms with van der Waals surface area (Å²) in [6.45, 7) is -0.122. The molecule has 0 fully saturated rings. The first-order valence-corrected chi connectivity index (χ1v) is 4.87. The van der Waals surface area contributed by atoms with E-state index in [1.807, 2.05) is 18.2 Å². The molecule has 0 amide bonds. The Morgan fingerprint density at radius 2 is 2.36 bits per heavy atom. The van der Waals surface area contributed by atoms with Gasteiger partial charge in [-0.25, -0.2) is 4.98 Å². The first kappa shape index (κ1) is 9.00. The Morgan fingerprint density at radius 3 is 3.14 bits per heavy atom. The highest BCUT2D eigenvalue weighted by Crippen LogP contribution is 2.24. The van der Waals surface area contributed by atoms with Gasteiger partial charge in [0.25, 0.3) is 0 Å². The number of aliphatic hydroxyl groups is 1. The van der Waals surface area contributed by atoms with Gasteiger partial charge in [0.2, 0.25) is 0 Å². The van der Waals surface area contributed by atoms with Crippen LogP contribution in [0.4, 0.5) is 5.13 Å². The lowest BCUT2D eigenvalue weighted by Crippen LogP contribution is -1.79. The highest BCUT2D eigenvalue weighted by molar-refractivity contribution is 7.22. The van der Waals surface area contributed by atoms with Gasteiger partial charge in [-0.2, -0.15) is 0 Å². The molecule has 0 radical (unpaired) electrons. The van der Waals surface area contributed by atoms with Gasteiger partial charge < -0.3 is 10.8 Å². The zero-order chi connectivity index (χ0) is 9.97. The van der Waals surface area contributed by atoms with Crippen molar-refractivity contribution >= 4 is 26.7 Å². The zero-order valence-corrected chi connectivity index (χ0v) is 8.14. The number of nitrogens with zero attached hydrogens (tertiary/aromatic N) is 1. The molecular formula is C10H8N2OS. The van der Waals surface area contributed by atoms with Crippen molar-refractivity contribution in [3.8, 4) is 11.8 Å². The molecule has 1 aromatic heterocycles. The monoisotopic (exact) mass is 204 g/mol. The SMILES string of the molecule is Nc1nc2ccc(C#CCO)cc2s1. The van der Waals surface area contributed by atoms with Gasteiger partial charge in [0.05, 0.1) is 10.2 Å². The molecule has 1 heterocycles. The van der Waals surface area contributed by atoms with Crippen LogP contribution < -0.4 is 5.73 Å². The van der Waals surface area contributed by atoms with Crippen LogP contribution in [0.25, 0.3) is 10.2 Å². The van der Waals surface area contributed by atoms with Gasteiger partial charge in [0.1, 0.15) is 6.61 Å². The minimum atomic E-state index is -0.122. The first-order chi connectivity index (χ1) is 6.79. The fraction of sp³-hybridized carbons (Fsp3) is 0.100. The highest BCUT2D eigenvalue weighted by Gasteiger charge is 2.00. The van der Waals surface area contributed by atoms with Crippen LogP contribution >= 0.6 is 11.3 Å². The van der Waals surface area contributed by atoms with Crippen LogP contribution in [0, 0.1) is 11.8 Å². The second kappa shape index (κ2) is 3.66. The number of hydrogen-bond acceptors (Lipinski definition) is 4. The Labute approximate surface area is 85.2 Å². The van der Waals surface area contributed by atoms with E-state index in [2.05, 4.69) is 16.8 Å². The second-order valence-corrected chi connectivity index (χ2v) is 3.76. The van der Waals surface area contributed by atoms with E-state index in [0.29, 0.717) is 5.13 Å². The van der Waals surface area contributed by atoms with Gasteiger partial charge in [0, 0.05) is 5.56 Å². The lowest BCUT2D eigenvalue weighted by molar-refractivity contribution is 0.350. The van der Waals surface area contributed by atoms with Crippen LogP contribution in [0.3, 0.4) is 0 Å².